The summed E-state index contributed by atoms with van der Waals surface area (Å²) in [6.07, 6.45) is 3.25. The van der Waals surface area contributed by atoms with Crippen LogP contribution in [0.3, 0.4) is 0 Å². The Bertz CT molecular complexity index is 1570. The Labute approximate surface area is 216 Å². The molecule has 1 fully saturated rings. The average Bonchev–Trinajstić information content (AvgIpc) is 3.66. The lowest BCUT2D eigenvalue weighted by molar-refractivity contribution is -0.133. The number of piperazine rings is 1. The van der Waals surface area contributed by atoms with Crippen LogP contribution in [0.4, 0.5) is 0 Å². The zero-order chi connectivity index (χ0) is 25.7. The van der Waals surface area contributed by atoms with E-state index in [1.165, 1.54) is 23.6 Å². The van der Waals surface area contributed by atoms with Crippen LogP contribution in [-0.2, 0) is 4.79 Å². The van der Waals surface area contributed by atoms with Gasteiger partial charge in [0.2, 0.25) is 5.91 Å². The second kappa shape index (κ2) is 9.22. The molecule has 0 radical (unpaired) electrons. The maximum atomic E-state index is 13.5. The van der Waals surface area contributed by atoms with Gasteiger partial charge in [-0.3, -0.25) is 19.0 Å². The third-order valence-electron chi connectivity index (χ3n) is 7.17. The van der Waals surface area contributed by atoms with Gasteiger partial charge < -0.3 is 14.2 Å². The third-order valence-corrected chi connectivity index (χ3v) is 8.27. The third kappa shape index (κ3) is 4.12. The van der Waals surface area contributed by atoms with Crippen molar-refractivity contribution in [3.63, 3.8) is 0 Å². The monoisotopic (exact) mass is 518 g/mol. The van der Waals surface area contributed by atoms with Crippen molar-refractivity contribution in [2.24, 2.45) is 0 Å². The first kappa shape index (κ1) is 23.5. The Hall–Kier alpha value is -3.86. The highest BCUT2D eigenvalue weighted by Crippen LogP contribution is 2.34. The molecule has 2 amide bonds. The van der Waals surface area contributed by atoms with Gasteiger partial charge >= 0.3 is 0 Å². The van der Waals surface area contributed by atoms with Crippen molar-refractivity contribution in [2.45, 2.75) is 31.5 Å². The molecule has 37 heavy (non-hydrogen) atoms. The molecule has 3 aromatic heterocycles. The summed E-state index contributed by atoms with van der Waals surface area (Å²) in [6.45, 7) is 5.89. The second-order valence-corrected chi connectivity index (χ2v) is 10.4. The lowest BCUT2D eigenvalue weighted by atomic mass is 10.1. The molecule has 11 heteroatoms. The topological polar surface area (TPSA) is 106 Å². The number of aryl methyl sites for hydroxylation is 2. The predicted molar refractivity (Wildman–Crippen MR) is 138 cm³/mol. The number of carbonyl (C=O) groups is 2. The molecule has 6 rings (SSSR count). The summed E-state index contributed by atoms with van der Waals surface area (Å²) in [7, 11) is 0. The number of fused-ring (bicyclic) bond motifs is 2. The SMILES string of the molecule is Cc1ccc(-n2ncc3c(=O)n4c(nc32)SCC4CC(=O)N2CCN(C(=O)c3ccco3)CC2)cc1C. The summed E-state index contributed by atoms with van der Waals surface area (Å²) in [6, 6.07) is 9.08. The van der Waals surface area contributed by atoms with Crippen molar-refractivity contribution in [2.75, 3.05) is 31.9 Å². The van der Waals surface area contributed by atoms with Crippen molar-refractivity contribution >= 4 is 34.6 Å². The van der Waals surface area contributed by atoms with Crippen LogP contribution in [0, 0.1) is 13.8 Å². The summed E-state index contributed by atoms with van der Waals surface area (Å²) in [5, 5.41) is 5.50. The summed E-state index contributed by atoms with van der Waals surface area (Å²) < 4.78 is 8.55. The quantitative estimate of drug-likeness (QED) is 0.383. The van der Waals surface area contributed by atoms with Crippen LogP contribution in [0.1, 0.15) is 34.1 Å². The van der Waals surface area contributed by atoms with Crippen LogP contribution in [0.15, 0.2) is 57.2 Å². The number of benzene rings is 1. The van der Waals surface area contributed by atoms with Crippen LogP contribution in [-0.4, -0.2) is 72.9 Å². The Morgan fingerprint density at radius 1 is 1.08 bits per heavy atom. The molecule has 0 bridgehead atoms. The molecule has 1 saturated heterocycles. The van der Waals surface area contributed by atoms with Gasteiger partial charge in [-0.25, -0.2) is 9.67 Å². The maximum Gasteiger partial charge on any atom is 0.289 e. The number of rotatable bonds is 4. The van der Waals surface area contributed by atoms with Gasteiger partial charge in [0.1, 0.15) is 5.39 Å². The highest BCUT2D eigenvalue weighted by molar-refractivity contribution is 7.99. The lowest BCUT2D eigenvalue weighted by Gasteiger charge is -2.34. The van der Waals surface area contributed by atoms with Crippen molar-refractivity contribution in [1.82, 2.24) is 29.1 Å². The van der Waals surface area contributed by atoms with Gasteiger partial charge in [0, 0.05) is 38.4 Å². The molecular weight excluding hydrogens is 492 g/mol. The first-order chi connectivity index (χ1) is 17.9. The average molecular weight is 519 g/mol. The first-order valence-corrected chi connectivity index (χ1v) is 13.2. The van der Waals surface area contributed by atoms with Crippen molar-refractivity contribution in [1.29, 1.82) is 0 Å². The minimum absolute atomic E-state index is 0.0265. The highest BCUT2D eigenvalue weighted by atomic mass is 32.2. The molecule has 2 aliphatic heterocycles. The molecule has 0 saturated carbocycles. The van der Waals surface area contributed by atoms with E-state index < -0.39 is 0 Å². The van der Waals surface area contributed by atoms with Crippen molar-refractivity contribution < 1.29 is 14.0 Å². The van der Waals surface area contributed by atoms with E-state index in [0.29, 0.717) is 53.9 Å². The van der Waals surface area contributed by atoms with Crippen molar-refractivity contribution in [3.05, 3.63) is 70.0 Å². The second-order valence-electron chi connectivity index (χ2n) is 9.45. The number of carbonyl (C=O) groups excluding carboxylic acids is 2. The van der Waals surface area contributed by atoms with Crippen molar-refractivity contribution in [3.8, 4) is 5.69 Å². The van der Waals surface area contributed by atoms with E-state index in [2.05, 4.69) is 12.0 Å². The molecule has 5 heterocycles. The minimum Gasteiger partial charge on any atom is -0.459 e. The van der Waals surface area contributed by atoms with Crippen LogP contribution in [0.5, 0.6) is 0 Å². The van der Waals surface area contributed by atoms with E-state index in [4.69, 9.17) is 9.40 Å². The predicted octanol–water partition coefficient (Wildman–Crippen LogP) is 2.81. The minimum atomic E-state index is -0.273. The molecular formula is C26H26N6O4S. The van der Waals surface area contributed by atoms with Gasteiger partial charge in [0.05, 0.1) is 24.2 Å². The van der Waals surface area contributed by atoms with E-state index in [1.807, 2.05) is 25.1 Å². The zero-order valence-corrected chi connectivity index (χ0v) is 21.4. The van der Waals surface area contributed by atoms with Crippen LogP contribution < -0.4 is 5.56 Å². The smallest absolute Gasteiger partial charge is 0.289 e. The maximum absolute atomic E-state index is 13.5. The van der Waals surface area contributed by atoms with Crippen LogP contribution >= 0.6 is 11.8 Å². The number of amides is 2. The number of hydrogen-bond donors (Lipinski definition) is 0. The lowest BCUT2D eigenvalue weighted by Crippen LogP contribution is -2.51. The van der Waals surface area contributed by atoms with Crippen LogP contribution in [0.25, 0.3) is 16.7 Å². The molecule has 10 nitrogen and oxygen atoms in total. The van der Waals surface area contributed by atoms with E-state index in [0.717, 1.165) is 11.3 Å². The van der Waals surface area contributed by atoms with E-state index >= 15 is 0 Å². The number of thioether (sulfide) groups is 1. The Kier molecular flexibility index (Phi) is 5.86. The molecule has 1 aromatic carbocycles. The molecule has 0 spiro atoms. The molecule has 190 valence electrons. The Balaban J connectivity index is 1.18. The summed E-state index contributed by atoms with van der Waals surface area (Å²) in [5.74, 6) is 0.718. The number of hydrogen-bond acceptors (Lipinski definition) is 7. The van der Waals surface area contributed by atoms with Gasteiger partial charge in [0.15, 0.2) is 16.6 Å². The van der Waals surface area contributed by atoms with Gasteiger partial charge in [-0.1, -0.05) is 17.8 Å². The van der Waals surface area contributed by atoms with E-state index in [-0.39, 0.29) is 29.8 Å². The fraction of sp³-hybridized carbons (Fsp3) is 0.346. The summed E-state index contributed by atoms with van der Waals surface area (Å²) in [5.41, 5.74) is 3.53. The molecule has 0 N–H and O–H groups in total. The number of furan rings is 1. The standard InChI is InChI=1S/C26H26N6O4S/c1-16-5-6-18(12-17(16)2)32-23-20(14-27-32)24(34)31-19(15-37-26(31)28-23)13-22(33)29-7-9-30(10-8-29)25(35)21-4-3-11-36-21/h3-6,11-12,14,19H,7-10,13,15H2,1-2H3. The zero-order valence-electron chi connectivity index (χ0n) is 20.6. The highest BCUT2D eigenvalue weighted by Gasteiger charge is 2.32. The molecule has 0 aliphatic carbocycles. The Morgan fingerprint density at radius 3 is 2.59 bits per heavy atom. The normalized spacial score (nSPS) is 17.4. The fourth-order valence-corrected chi connectivity index (χ4v) is 6.00. The largest absolute Gasteiger partial charge is 0.459 e. The van der Waals surface area contributed by atoms with Gasteiger partial charge in [0.25, 0.3) is 11.5 Å². The van der Waals surface area contributed by atoms with Gasteiger partial charge in [-0.15, -0.1) is 0 Å². The van der Waals surface area contributed by atoms with Gasteiger partial charge in [-0.05, 0) is 49.2 Å². The fourth-order valence-electron chi connectivity index (χ4n) is 4.87. The van der Waals surface area contributed by atoms with E-state index in [9.17, 15) is 14.4 Å². The molecule has 4 aromatic rings. The first-order valence-electron chi connectivity index (χ1n) is 12.2. The molecule has 2 aliphatic rings. The molecule has 1 unspecified atom stereocenters. The van der Waals surface area contributed by atoms with E-state index in [1.54, 1.807) is 37.4 Å². The summed E-state index contributed by atoms with van der Waals surface area (Å²) in [4.78, 5) is 47.3. The summed E-state index contributed by atoms with van der Waals surface area (Å²) >= 11 is 1.49. The van der Waals surface area contributed by atoms with Crippen LogP contribution in [0.2, 0.25) is 0 Å². The van der Waals surface area contributed by atoms with Gasteiger partial charge in [-0.2, -0.15) is 5.10 Å². The number of nitrogens with zero attached hydrogens (tertiary/aromatic N) is 6. The molecule has 1 atom stereocenters. The number of aromatic nitrogens is 4. The Morgan fingerprint density at radius 2 is 1.86 bits per heavy atom.